The van der Waals surface area contributed by atoms with E-state index >= 15 is 0 Å². The molecule has 0 aliphatic heterocycles. The van der Waals surface area contributed by atoms with Crippen LogP contribution in [0, 0.1) is 0 Å². The number of rotatable bonds is 10. The summed E-state index contributed by atoms with van der Waals surface area (Å²) >= 11 is 5.02. The van der Waals surface area contributed by atoms with E-state index in [9.17, 15) is 9.59 Å². The van der Waals surface area contributed by atoms with E-state index in [-0.39, 0.29) is 11.8 Å². The molecule has 2 amide bonds. The third kappa shape index (κ3) is 6.87. The third-order valence-electron chi connectivity index (χ3n) is 4.03. The fourth-order valence-electron chi connectivity index (χ4n) is 2.61. The molecule has 2 N–H and O–H groups in total. The van der Waals surface area contributed by atoms with E-state index in [1.54, 1.807) is 30.0 Å². The van der Waals surface area contributed by atoms with Crippen molar-refractivity contribution in [3.63, 3.8) is 0 Å². The van der Waals surface area contributed by atoms with Gasteiger partial charge in [0.25, 0.3) is 5.91 Å². The molecular formula is C21H25BrN2O3S. The van der Waals surface area contributed by atoms with Gasteiger partial charge in [0.1, 0.15) is 11.8 Å². The minimum atomic E-state index is -0.595. The summed E-state index contributed by atoms with van der Waals surface area (Å²) in [7, 11) is 0. The van der Waals surface area contributed by atoms with Crippen LogP contribution in [-0.4, -0.2) is 36.5 Å². The van der Waals surface area contributed by atoms with Crippen molar-refractivity contribution in [1.82, 2.24) is 10.6 Å². The molecular weight excluding hydrogens is 440 g/mol. The lowest BCUT2D eigenvalue weighted by Gasteiger charge is -2.19. The molecule has 1 atom stereocenters. The maximum absolute atomic E-state index is 12.7. The topological polar surface area (TPSA) is 67.4 Å². The van der Waals surface area contributed by atoms with Crippen LogP contribution in [0.5, 0.6) is 5.75 Å². The Balaban J connectivity index is 2.01. The smallest absolute Gasteiger partial charge is 0.253 e. The van der Waals surface area contributed by atoms with Gasteiger partial charge < -0.3 is 15.4 Å². The Morgan fingerprint density at radius 1 is 1.18 bits per heavy atom. The SMILES string of the molecule is CCOc1cccc(CNC(=O)C(CCSC)NC(=O)c2ccccc2Br)c1. The third-order valence-corrected chi connectivity index (χ3v) is 5.36. The van der Waals surface area contributed by atoms with Gasteiger partial charge >= 0.3 is 0 Å². The van der Waals surface area contributed by atoms with Gasteiger partial charge in [-0.3, -0.25) is 9.59 Å². The summed E-state index contributed by atoms with van der Waals surface area (Å²) in [4.78, 5) is 25.3. The predicted octanol–water partition coefficient (Wildman–Crippen LogP) is 4.02. The fourth-order valence-corrected chi connectivity index (χ4v) is 3.55. The predicted molar refractivity (Wildman–Crippen MR) is 118 cm³/mol. The molecule has 0 aliphatic carbocycles. The molecule has 28 heavy (non-hydrogen) atoms. The minimum Gasteiger partial charge on any atom is -0.494 e. The highest BCUT2D eigenvalue weighted by molar-refractivity contribution is 9.10. The van der Waals surface area contributed by atoms with Crippen molar-refractivity contribution in [2.45, 2.75) is 25.9 Å². The van der Waals surface area contributed by atoms with Gasteiger partial charge in [-0.25, -0.2) is 0 Å². The molecule has 0 heterocycles. The van der Waals surface area contributed by atoms with Crippen LogP contribution in [0.2, 0.25) is 0 Å². The number of thioether (sulfide) groups is 1. The van der Waals surface area contributed by atoms with E-state index in [1.807, 2.05) is 43.5 Å². The molecule has 1 unspecified atom stereocenters. The van der Waals surface area contributed by atoms with Crippen molar-refractivity contribution in [1.29, 1.82) is 0 Å². The van der Waals surface area contributed by atoms with E-state index in [2.05, 4.69) is 26.6 Å². The number of carbonyl (C=O) groups is 2. The fraction of sp³-hybridized carbons (Fsp3) is 0.333. The number of nitrogens with one attached hydrogen (secondary N) is 2. The highest BCUT2D eigenvalue weighted by atomic mass is 79.9. The molecule has 2 aromatic rings. The minimum absolute atomic E-state index is 0.198. The maximum atomic E-state index is 12.7. The van der Waals surface area contributed by atoms with E-state index < -0.39 is 6.04 Å². The number of benzene rings is 2. The second-order valence-corrected chi connectivity index (χ2v) is 7.93. The second kappa shape index (κ2) is 11.8. The largest absolute Gasteiger partial charge is 0.494 e. The summed E-state index contributed by atoms with van der Waals surface area (Å²) in [5, 5.41) is 5.78. The molecule has 0 radical (unpaired) electrons. The number of amides is 2. The number of carbonyl (C=O) groups excluding carboxylic acids is 2. The van der Waals surface area contributed by atoms with Crippen LogP contribution >= 0.6 is 27.7 Å². The summed E-state index contributed by atoms with van der Waals surface area (Å²) in [5.74, 6) is 1.08. The van der Waals surface area contributed by atoms with Gasteiger partial charge in [-0.05, 0) is 71.1 Å². The van der Waals surface area contributed by atoms with Gasteiger partial charge in [-0.15, -0.1) is 0 Å². The van der Waals surface area contributed by atoms with Crippen molar-refractivity contribution in [2.75, 3.05) is 18.6 Å². The zero-order valence-electron chi connectivity index (χ0n) is 16.0. The zero-order valence-corrected chi connectivity index (χ0v) is 18.4. The normalized spacial score (nSPS) is 11.5. The first-order chi connectivity index (χ1) is 13.5. The van der Waals surface area contributed by atoms with Crippen molar-refractivity contribution < 1.29 is 14.3 Å². The quantitative estimate of drug-likeness (QED) is 0.557. The van der Waals surface area contributed by atoms with Gasteiger partial charge in [0.2, 0.25) is 5.91 Å². The molecule has 2 rings (SSSR count). The van der Waals surface area contributed by atoms with E-state index in [1.165, 1.54) is 0 Å². The maximum Gasteiger partial charge on any atom is 0.253 e. The van der Waals surface area contributed by atoms with E-state index in [4.69, 9.17) is 4.74 Å². The summed E-state index contributed by atoms with van der Waals surface area (Å²) in [6.07, 6.45) is 2.53. The lowest BCUT2D eigenvalue weighted by molar-refractivity contribution is -0.123. The summed E-state index contributed by atoms with van der Waals surface area (Å²) < 4.78 is 6.19. The van der Waals surface area contributed by atoms with Gasteiger partial charge in [-0.1, -0.05) is 24.3 Å². The number of halogens is 1. The number of hydrogen-bond donors (Lipinski definition) is 2. The molecule has 7 heteroatoms. The number of ether oxygens (including phenoxy) is 1. The Morgan fingerprint density at radius 2 is 1.96 bits per heavy atom. The Labute approximate surface area is 178 Å². The van der Waals surface area contributed by atoms with Crippen LogP contribution in [0.4, 0.5) is 0 Å². The van der Waals surface area contributed by atoms with Gasteiger partial charge in [-0.2, -0.15) is 11.8 Å². The van der Waals surface area contributed by atoms with Crippen LogP contribution in [0.1, 0.15) is 29.3 Å². The lowest BCUT2D eigenvalue weighted by Crippen LogP contribution is -2.47. The van der Waals surface area contributed by atoms with Crippen molar-refractivity contribution >= 4 is 39.5 Å². The van der Waals surface area contributed by atoms with Crippen LogP contribution in [0.3, 0.4) is 0 Å². The van der Waals surface area contributed by atoms with E-state index in [0.717, 1.165) is 17.1 Å². The molecule has 0 spiro atoms. The molecule has 5 nitrogen and oxygen atoms in total. The van der Waals surface area contributed by atoms with Crippen LogP contribution < -0.4 is 15.4 Å². The second-order valence-electron chi connectivity index (χ2n) is 6.09. The highest BCUT2D eigenvalue weighted by Gasteiger charge is 2.21. The van der Waals surface area contributed by atoms with Crippen LogP contribution in [0.25, 0.3) is 0 Å². The zero-order chi connectivity index (χ0) is 20.4. The highest BCUT2D eigenvalue weighted by Crippen LogP contribution is 2.16. The van der Waals surface area contributed by atoms with Crippen molar-refractivity contribution in [3.8, 4) is 5.75 Å². The standard InChI is InChI=1S/C21H25BrN2O3S/c1-3-27-16-8-6-7-15(13-16)14-23-21(26)19(11-12-28-2)24-20(25)17-9-4-5-10-18(17)22/h4-10,13,19H,3,11-12,14H2,1-2H3,(H,23,26)(H,24,25). The molecule has 150 valence electrons. The molecule has 0 saturated heterocycles. The van der Waals surface area contributed by atoms with Gasteiger partial charge in [0.05, 0.1) is 12.2 Å². The van der Waals surface area contributed by atoms with Gasteiger partial charge in [0.15, 0.2) is 0 Å². The average Bonchev–Trinajstić information content (AvgIpc) is 2.70. The van der Waals surface area contributed by atoms with Crippen molar-refractivity contribution in [3.05, 3.63) is 64.1 Å². The molecule has 0 aromatic heterocycles. The Morgan fingerprint density at radius 3 is 2.68 bits per heavy atom. The van der Waals surface area contributed by atoms with Crippen LogP contribution in [-0.2, 0) is 11.3 Å². The Bertz CT molecular complexity index is 801. The first kappa shape index (κ1) is 22.3. The first-order valence-electron chi connectivity index (χ1n) is 9.09. The van der Waals surface area contributed by atoms with Crippen molar-refractivity contribution in [2.24, 2.45) is 0 Å². The molecule has 0 bridgehead atoms. The lowest BCUT2D eigenvalue weighted by atomic mass is 10.1. The van der Waals surface area contributed by atoms with Gasteiger partial charge in [0, 0.05) is 11.0 Å². The molecule has 2 aromatic carbocycles. The molecule has 0 saturated carbocycles. The Hall–Kier alpha value is -1.99. The molecule has 0 aliphatic rings. The molecule has 0 fully saturated rings. The Kier molecular flexibility index (Phi) is 9.37. The summed E-state index contributed by atoms with van der Waals surface area (Å²) in [6, 6.07) is 14.2. The van der Waals surface area contributed by atoms with Crippen LogP contribution in [0.15, 0.2) is 53.0 Å². The number of hydrogen-bond acceptors (Lipinski definition) is 4. The van der Waals surface area contributed by atoms with E-state index in [0.29, 0.717) is 29.6 Å². The summed E-state index contributed by atoms with van der Waals surface area (Å²) in [6.45, 7) is 2.90. The first-order valence-corrected chi connectivity index (χ1v) is 11.3. The monoisotopic (exact) mass is 464 g/mol. The summed E-state index contributed by atoms with van der Waals surface area (Å²) in [5.41, 5.74) is 1.45. The average molecular weight is 465 g/mol.